The molecule has 1 aliphatic heterocycles. The van der Waals surface area contributed by atoms with Crippen molar-refractivity contribution in [1.29, 1.82) is 0 Å². The first-order valence-electron chi connectivity index (χ1n) is 5.87. The summed E-state index contributed by atoms with van der Waals surface area (Å²) in [6, 6.07) is 7.83. The van der Waals surface area contributed by atoms with Gasteiger partial charge in [0, 0.05) is 11.6 Å². The average molecular weight is 240 g/mol. The van der Waals surface area contributed by atoms with Crippen molar-refractivity contribution in [3.8, 4) is 0 Å². The lowest BCUT2D eigenvalue weighted by Gasteiger charge is -2.08. The molecule has 1 aliphatic rings. The van der Waals surface area contributed by atoms with Gasteiger partial charge in [0.25, 0.3) is 0 Å². The van der Waals surface area contributed by atoms with Crippen LogP contribution >= 0.6 is 11.6 Å². The summed E-state index contributed by atoms with van der Waals surface area (Å²) in [4.78, 5) is 0. The minimum Gasteiger partial charge on any atom is -0.377 e. The van der Waals surface area contributed by atoms with Gasteiger partial charge < -0.3 is 10.1 Å². The van der Waals surface area contributed by atoms with Gasteiger partial charge in [0.2, 0.25) is 0 Å². The monoisotopic (exact) mass is 239 g/mol. The van der Waals surface area contributed by atoms with Crippen molar-refractivity contribution in [2.75, 3.05) is 19.7 Å². The summed E-state index contributed by atoms with van der Waals surface area (Å²) in [5.74, 6) is 0.810. The lowest BCUT2D eigenvalue weighted by atomic mass is 10.1. The minimum atomic E-state index is 0.692. The Hall–Kier alpha value is -0.570. The van der Waals surface area contributed by atoms with E-state index in [1.54, 1.807) is 0 Å². The van der Waals surface area contributed by atoms with Crippen LogP contribution in [0.2, 0.25) is 5.02 Å². The summed E-state index contributed by atoms with van der Waals surface area (Å²) in [5, 5.41) is 4.15. The molecule has 0 aromatic heterocycles. The zero-order valence-corrected chi connectivity index (χ0v) is 10.2. The smallest absolute Gasteiger partial charge is 0.0716 e. The maximum absolute atomic E-state index is 5.81. The number of rotatable bonds is 5. The van der Waals surface area contributed by atoms with Gasteiger partial charge in [-0.3, -0.25) is 0 Å². The second-order valence-corrected chi connectivity index (χ2v) is 4.76. The number of ether oxygens (including phenoxy) is 1. The van der Waals surface area contributed by atoms with E-state index in [0.717, 1.165) is 24.1 Å². The molecule has 1 saturated heterocycles. The predicted octanol–water partition coefficient (Wildman–Crippen LogP) is 2.86. The number of hydrogen-bond acceptors (Lipinski definition) is 2. The molecule has 2 nitrogen and oxygen atoms in total. The third-order valence-electron chi connectivity index (χ3n) is 3.01. The van der Waals surface area contributed by atoms with Gasteiger partial charge in [0.15, 0.2) is 0 Å². The van der Waals surface area contributed by atoms with Crippen molar-refractivity contribution in [1.82, 2.24) is 5.32 Å². The number of hydrogen-bond donors (Lipinski definition) is 1. The summed E-state index contributed by atoms with van der Waals surface area (Å²) in [6.45, 7) is 3.87. The van der Waals surface area contributed by atoms with Crippen molar-refractivity contribution in [2.45, 2.75) is 19.4 Å². The molecule has 0 amide bonds. The van der Waals surface area contributed by atoms with Crippen LogP contribution in [0.4, 0.5) is 0 Å². The fraction of sp³-hybridized carbons (Fsp3) is 0.538. The summed E-state index contributed by atoms with van der Waals surface area (Å²) in [6.07, 6.45) is 2.46. The zero-order chi connectivity index (χ0) is 11.2. The number of nitrogens with one attached hydrogen (secondary N) is 1. The molecule has 0 bridgehead atoms. The van der Waals surface area contributed by atoms with E-state index in [0.29, 0.717) is 6.61 Å². The molecule has 1 atom stereocenters. The van der Waals surface area contributed by atoms with Gasteiger partial charge in [0.1, 0.15) is 0 Å². The topological polar surface area (TPSA) is 21.3 Å². The van der Waals surface area contributed by atoms with Crippen molar-refractivity contribution < 1.29 is 4.74 Å². The molecule has 0 spiro atoms. The fourth-order valence-electron chi connectivity index (χ4n) is 1.98. The SMILES string of the molecule is Clc1ccc(COCCC2CCNC2)cc1. The highest BCUT2D eigenvalue weighted by atomic mass is 35.5. The van der Waals surface area contributed by atoms with E-state index in [2.05, 4.69) is 5.32 Å². The molecular formula is C13H18ClNO. The Labute approximate surface area is 102 Å². The third-order valence-corrected chi connectivity index (χ3v) is 3.27. The first-order valence-corrected chi connectivity index (χ1v) is 6.25. The molecule has 1 aromatic rings. The van der Waals surface area contributed by atoms with Crippen LogP contribution in [0.3, 0.4) is 0 Å². The lowest BCUT2D eigenvalue weighted by Crippen LogP contribution is -2.10. The van der Waals surface area contributed by atoms with Gasteiger partial charge in [-0.2, -0.15) is 0 Å². The van der Waals surface area contributed by atoms with Crippen LogP contribution in [-0.2, 0) is 11.3 Å². The first kappa shape index (κ1) is 11.9. The molecule has 16 heavy (non-hydrogen) atoms. The maximum atomic E-state index is 5.81. The Bertz CT molecular complexity index is 306. The zero-order valence-electron chi connectivity index (χ0n) is 9.42. The van der Waals surface area contributed by atoms with Crippen LogP contribution in [0.5, 0.6) is 0 Å². The normalized spacial score (nSPS) is 20.2. The van der Waals surface area contributed by atoms with Gasteiger partial charge in [-0.1, -0.05) is 23.7 Å². The van der Waals surface area contributed by atoms with E-state index >= 15 is 0 Å². The van der Waals surface area contributed by atoms with E-state index in [9.17, 15) is 0 Å². The Balaban J connectivity index is 1.62. The molecule has 1 fully saturated rings. The van der Waals surface area contributed by atoms with Crippen LogP contribution in [0, 0.1) is 5.92 Å². The van der Waals surface area contributed by atoms with E-state index in [4.69, 9.17) is 16.3 Å². The maximum Gasteiger partial charge on any atom is 0.0716 e. The van der Waals surface area contributed by atoms with Crippen LogP contribution in [0.15, 0.2) is 24.3 Å². The first-order chi connectivity index (χ1) is 7.84. The molecule has 2 rings (SSSR count). The highest BCUT2D eigenvalue weighted by molar-refractivity contribution is 6.30. The van der Waals surface area contributed by atoms with E-state index < -0.39 is 0 Å². The summed E-state index contributed by atoms with van der Waals surface area (Å²) >= 11 is 5.81. The van der Waals surface area contributed by atoms with Crippen LogP contribution in [-0.4, -0.2) is 19.7 Å². The van der Waals surface area contributed by atoms with Crippen molar-refractivity contribution in [2.24, 2.45) is 5.92 Å². The summed E-state index contributed by atoms with van der Waals surface area (Å²) < 4.78 is 5.65. The Morgan fingerprint density at radius 1 is 1.31 bits per heavy atom. The average Bonchev–Trinajstić information content (AvgIpc) is 2.80. The molecule has 1 unspecified atom stereocenters. The van der Waals surface area contributed by atoms with E-state index in [1.807, 2.05) is 24.3 Å². The predicted molar refractivity (Wildman–Crippen MR) is 66.7 cm³/mol. The molecule has 1 heterocycles. The minimum absolute atomic E-state index is 0.692. The molecule has 0 aliphatic carbocycles. The second kappa shape index (κ2) is 6.24. The van der Waals surface area contributed by atoms with Crippen molar-refractivity contribution >= 4 is 11.6 Å². The quantitative estimate of drug-likeness (QED) is 0.798. The van der Waals surface area contributed by atoms with Gasteiger partial charge >= 0.3 is 0 Å². The Kier molecular flexibility index (Phi) is 4.64. The van der Waals surface area contributed by atoms with Crippen molar-refractivity contribution in [3.05, 3.63) is 34.9 Å². The fourth-order valence-corrected chi connectivity index (χ4v) is 2.11. The van der Waals surface area contributed by atoms with Crippen LogP contribution in [0.1, 0.15) is 18.4 Å². The molecule has 0 saturated carbocycles. The highest BCUT2D eigenvalue weighted by Crippen LogP contribution is 2.13. The standard InChI is InChI=1S/C13H18ClNO/c14-13-3-1-12(2-4-13)10-16-8-6-11-5-7-15-9-11/h1-4,11,15H,5-10H2. The molecule has 3 heteroatoms. The third kappa shape index (κ3) is 3.78. The molecular weight excluding hydrogens is 222 g/mol. The van der Waals surface area contributed by atoms with Crippen LogP contribution < -0.4 is 5.32 Å². The van der Waals surface area contributed by atoms with E-state index in [1.165, 1.54) is 24.9 Å². The Morgan fingerprint density at radius 3 is 2.81 bits per heavy atom. The summed E-state index contributed by atoms with van der Waals surface area (Å²) in [7, 11) is 0. The van der Waals surface area contributed by atoms with Gasteiger partial charge in [-0.05, 0) is 49.5 Å². The second-order valence-electron chi connectivity index (χ2n) is 4.33. The van der Waals surface area contributed by atoms with Crippen LogP contribution in [0.25, 0.3) is 0 Å². The molecule has 0 radical (unpaired) electrons. The highest BCUT2D eigenvalue weighted by Gasteiger charge is 2.13. The largest absolute Gasteiger partial charge is 0.377 e. The number of benzene rings is 1. The Morgan fingerprint density at radius 2 is 2.12 bits per heavy atom. The molecule has 1 N–H and O–H groups in total. The van der Waals surface area contributed by atoms with Gasteiger partial charge in [-0.25, -0.2) is 0 Å². The molecule has 88 valence electrons. The summed E-state index contributed by atoms with van der Waals surface area (Å²) in [5.41, 5.74) is 1.19. The van der Waals surface area contributed by atoms with Gasteiger partial charge in [0.05, 0.1) is 6.61 Å². The van der Waals surface area contributed by atoms with E-state index in [-0.39, 0.29) is 0 Å². The lowest BCUT2D eigenvalue weighted by molar-refractivity contribution is 0.109. The molecule has 1 aromatic carbocycles. The van der Waals surface area contributed by atoms with Crippen molar-refractivity contribution in [3.63, 3.8) is 0 Å². The number of halogens is 1. The van der Waals surface area contributed by atoms with Gasteiger partial charge in [-0.15, -0.1) is 0 Å².